The maximum atomic E-state index is 12.4. The Morgan fingerprint density at radius 1 is 1.12 bits per heavy atom. The van der Waals surface area contributed by atoms with Gasteiger partial charge in [0.1, 0.15) is 5.25 Å². The van der Waals surface area contributed by atoms with Crippen LogP contribution in [0.3, 0.4) is 0 Å². The molecule has 0 radical (unpaired) electrons. The van der Waals surface area contributed by atoms with Crippen molar-refractivity contribution in [2.24, 2.45) is 0 Å². The van der Waals surface area contributed by atoms with E-state index in [9.17, 15) is 9.59 Å². The van der Waals surface area contributed by atoms with Crippen molar-refractivity contribution in [3.8, 4) is 0 Å². The van der Waals surface area contributed by atoms with E-state index >= 15 is 0 Å². The van der Waals surface area contributed by atoms with Gasteiger partial charge in [0.2, 0.25) is 11.6 Å². The molecule has 24 heavy (non-hydrogen) atoms. The molecule has 9 heteroatoms. The standard InChI is InChI=1S/C15H30NO5PS2/c1-5-8-9-10-11-16-15(18)13(12-14(17)19-4)24-22(23,20-6-2)21-7-3/h13H,5-12H2,1-4H3,(H,16,18). The molecular formula is C15H30NO5PS2. The van der Waals surface area contributed by atoms with Crippen LogP contribution >= 0.6 is 17.1 Å². The molecule has 1 amide bonds. The Balaban J connectivity index is 4.79. The molecular weight excluding hydrogens is 369 g/mol. The van der Waals surface area contributed by atoms with E-state index < -0.39 is 16.9 Å². The average molecular weight is 400 g/mol. The maximum Gasteiger partial charge on any atom is 0.307 e. The van der Waals surface area contributed by atoms with Crippen molar-refractivity contribution in [3.05, 3.63) is 0 Å². The molecule has 0 aliphatic heterocycles. The summed E-state index contributed by atoms with van der Waals surface area (Å²) in [6.45, 7) is 7.16. The summed E-state index contributed by atoms with van der Waals surface area (Å²) in [7, 11) is 1.30. The number of methoxy groups -OCH3 is 1. The zero-order chi connectivity index (χ0) is 18.4. The van der Waals surface area contributed by atoms with Gasteiger partial charge in [0.15, 0.2) is 0 Å². The van der Waals surface area contributed by atoms with Crippen LogP contribution in [0.5, 0.6) is 0 Å². The molecule has 142 valence electrons. The van der Waals surface area contributed by atoms with E-state index in [1.54, 1.807) is 0 Å². The Hall–Kier alpha value is -0.140. The van der Waals surface area contributed by atoms with Gasteiger partial charge in [0.25, 0.3) is 0 Å². The molecule has 1 N–H and O–H groups in total. The number of amides is 1. The molecule has 0 aromatic carbocycles. The van der Waals surface area contributed by atoms with Crippen molar-refractivity contribution in [2.45, 2.75) is 58.1 Å². The Morgan fingerprint density at radius 3 is 2.25 bits per heavy atom. The van der Waals surface area contributed by atoms with Crippen LogP contribution in [0.25, 0.3) is 0 Å². The minimum Gasteiger partial charge on any atom is -0.469 e. The minimum atomic E-state index is -2.66. The Bertz CT molecular complexity index is 413. The fourth-order valence-corrected chi connectivity index (χ4v) is 7.40. The van der Waals surface area contributed by atoms with Gasteiger partial charge in [0, 0.05) is 6.54 Å². The Kier molecular flexibility index (Phi) is 14.0. The quantitative estimate of drug-likeness (QED) is 0.271. The average Bonchev–Trinajstić information content (AvgIpc) is 2.54. The number of hydrogen-bond acceptors (Lipinski definition) is 7. The molecule has 1 atom stereocenters. The number of carbonyl (C=O) groups excluding carboxylic acids is 2. The van der Waals surface area contributed by atoms with Gasteiger partial charge in [-0.3, -0.25) is 9.59 Å². The van der Waals surface area contributed by atoms with Crippen LogP contribution in [0.1, 0.15) is 52.9 Å². The number of rotatable bonds is 14. The second-order valence-electron chi connectivity index (χ2n) is 5.01. The molecule has 0 aliphatic rings. The van der Waals surface area contributed by atoms with E-state index in [4.69, 9.17) is 20.9 Å². The lowest BCUT2D eigenvalue weighted by Crippen LogP contribution is -2.35. The van der Waals surface area contributed by atoms with Crippen LogP contribution in [0.4, 0.5) is 0 Å². The lowest BCUT2D eigenvalue weighted by molar-refractivity contribution is -0.141. The molecule has 6 nitrogen and oxygen atoms in total. The van der Waals surface area contributed by atoms with Crippen LogP contribution < -0.4 is 5.32 Å². The van der Waals surface area contributed by atoms with Crippen molar-refractivity contribution in [2.75, 3.05) is 26.9 Å². The van der Waals surface area contributed by atoms with E-state index in [1.165, 1.54) is 7.11 Å². The van der Waals surface area contributed by atoms with Gasteiger partial charge in [-0.15, -0.1) is 0 Å². The summed E-state index contributed by atoms with van der Waals surface area (Å²) in [5.41, 5.74) is -2.66. The van der Waals surface area contributed by atoms with Crippen molar-refractivity contribution in [1.82, 2.24) is 5.32 Å². The monoisotopic (exact) mass is 399 g/mol. The van der Waals surface area contributed by atoms with Crippen LogP contribution in [-0.4, -0.2) is 44.0 Å². The normalized spacial score (nSPS) is 12.7. The summed E-state index contributed by atoms with van der Waals surface area (Å²) in [6.07, 6.45) is 4.22. The summed E-state index contributed by atoms with van der Waals surface area (Å²) in [5, 5.41) is 2.20. The summed E-state index contributed by atoms with van der Waals surface area (Å²) >= 11 is 6.58. The molecule has 0 saturated carbocycles. The zero-order valence-corrected chi connectivity index (χ0v) is 17.6. The van der Waals surface area contributed by atoms with Crippen molar-refractivity contribution in [3.63, 3.8) is 0 Å². The molecule has 0 aromatic rings. The smallest absolute Gasteiger partial charge is 0.307 e. The first-order valence-electron chi connectivity index (χ1n) is 8.34. The molecule has 0 spiro atoms. The van der Waals surface area contributed by atoms with Gasteiger partial charge in [-0.05, 0) is 32.1 Å². The second kappa shape index (κ2) is 14.1. The highest BCUT2D eigenvalue weighted by molar-refractivity contribution is 8.68. The first kappa shape index (κ1) is 23.9. The fourth-order valence-electron chi connectivity index (χ4n) is 1.86. The molecule has 0 aliphatic carbocycles. The fraction of sp³-hybridized carbons (Fsp3) is 0.867. The number of unbranched alkanes of at least 4 members (excludes halogenated alkanes) is 3. The highest BCUT2D eigenvalue weighted by Gasteiger charge is 2.31. The number of ether oxygens (including phenoxy) is 1. The molecule has 0 saturated heterocycles. The van der Waals surface area contributed by atoms with Crippen molar-refractivity contribution >= 4 is 40.8 Å². The molecule has 0 rings (SSSR count). The third kappa shape index (κ3) is 10.7. The summed E-state index contributed by atoms with van der Waals surface area (Å²) in [4.78, 5) is 24.1. The van der Waals surface area contributed by atoms with E-state index in [0.29, 0.717) is 19.8 Å². The topological polar surface area (TPSA) is 73.9 Å². The summed E-state index contributed by atoms with van der Waals surface area (Å²) < 4.78 is 15.8. The van der Waals surface area contributed by atoms with Crippen LogP contribution in [-0.2, 0) is 35.2 Å². The first-order chi connectivity index (χ1) is 11.4. The van der Waals surface area contributed by atoms with Crippen LogP contribution in [0.15, 0.2) is 0 Å². The summed E-state index contributed by atoms with van der Waals surface area (Å²) in [6, 6.07) is 0. The highest BCUT2D eigenvalue weighted by Crippen LogP contribution is 2.63. The number of carbonyl (C=O) groups is 2. The lowest BCUT2D eigenvalue weighted by atomic mass is 10.2. The number of hydrogen-bond donors (Lipinski definition) is 1. The number of nitrogens with one attached hydrogen (secondary N) is 1. The third-order valence-corrected chi connectivity index (χ3v) is 8.65. The SMILES string of the molecule is CCCCCCNC(=O)C(CC(=O)OC)SP(=S)(OCC)OCC. The predicted octanol–water partition coefficient (Wildman–Crippen LogP) is 3.65. The van der Waals surface area contributed by atoms with Gasteiger partial charge in [-0.1, -0.05) is 37.6 Å². The molecule has 0 heterocycles. The van der Waals surface area contributed by atoms with Crippen molar-refractivity contribution < 1.29 is 23.4 Å². The maximum absolute atomic E-state index is 12.4. The van der Waals surface area contributed by atoms with E-state index in [1.807, 2.05) is 13.8 Å². The van der Waals surface area contributed by atoms with Crippen molar-refractivity contribution in [1.29, 1.82) is 0 Å². The largest absolute Gasteiger partial charge is 0.469 e. The van der Waals surface area contributed by atoms with Gasteiger partial charge < -0.3 is 19.1 Å². The highest BCUT2D eigenvalue weighted by atomic mass is 32.9. The molecule has 0 fully saturated rings. The van der Waals surface area contributed by atoms with E-state index in [0.717, 1.165) is 37.1 Å². The minimum absolute atomic E-state index is 0.0551. The first-order valence-corrected chi connectivity index (χ1v) is 12.5. The second-order valence-corrected chi connectivity index (χ2v) is 11.4. The summed E-state index contributed by atoms with van der Waals surface area (Å²) in [5.74, 6) is -0.682. The number of esters is 1. The van der Waals surface area contributed by atoms with Crippen LogP contribution in [0, 0.1) is 0 Å². The molecule has 0 bridgehead atoms. The van der Waals surface area contributed by atoms with Gasteiger partial charge in [-0.2, -0.15) is 0 Å². The Morgan fingerprint density at radius 2 is 1.75 bits per heavy atom. The van der Waals surface area contributed by atoms with E-state index in [-0.39, 0.29) is 12.3 Å². The molecule has 0 aromatic heterocycles. The van der Waals surface area contributed by atoms with Crippen LogP contribution in [0.2, 0.25) is 0 Å². The zero-order valence-electron chi connectivity index (χ0n) is 15.0. The lowest BCUT2D eigenvalue weighted by Gasteiger charge is -2.24. The van der Waals surface area contributed by atoms with E-state index in [2.05, 4.69) is 17.0 Å². The third-order valence-electron chi connectivity index (χ3n) is 3.03. The predicted molar refractivity (Wildman–Crippen MR) is 103 cm³/mol. The van der Waals surface area contributed by atoms with Gasteiger partial charge in [-0.25, -0.2) is 0 Å². The Labute approximate surface area is 154 Å². The molecule has 1 unspecified atom stereocenters. The van der Waals surface area contributed by atoms with Gasteiger partial charge >= 0.3 is 5.97 Å². The van der Waals surface area contributed by atoms with Gasteiger partial charge in [0.05, 0.1) is 26.7 Å².